The van der Waals surface area contributed by atoms with Crippen LogP contribution in [0.25, 0.3) is 0 Å². The van der Waals surface area contributed by atoms with E-state index in [-0.39, 0.29) is 29.0 Å². The van der Waals surface area contributed by atoms with Gasteiger partial charge in [-0.1, -0.05) is 30.3 Å². The summed E-state index contributed by atoms with van der Waals surface area (Å²) >= 11 is 0. The first kappa shape index (κ1) is 19.9. The van der Waals surface area contributed by atoms with Gasteiger partial charge >= 0.3 is 0 Å². The summed E-state index contributed by atoms with van der Waals surface area (Å²) in [6, 6.07) is 14.9. The molecule has 1 atom stereocenters. The van der Waals surface area contributed by atoms with E-state index in [1.807, 2.05) is 6.07 Å². The fourth-order valence-corrected chi connectivity index (χ4v) is 4.29. The number of sulfonamides is 1. The zero-order valence-electron chi connectivity index (χ0n) is 15.2. The summed E-state index contributed by atoms with van der Waals surface area (Å²) in [6.07, 6.45) is 1.86. The Morgan fingerprint density at radius 3 is 2.68 bits per heavy atom. The van der Waals surface area contributed by atoms with Crippen molar-refractivity contribution in [3.05, 3.63) is 65.2 Å². The lowest BCUT2D eigenvalue weighted by Crippen LogP contribution is -2.32. The first-order valence-corrected chi connectivity index (χ1v) is 10.6. The van der Waals surface area contributed by atoms with Gasteiger partial charge in [-0.25, -0.2) is 8.42 Å². The molecule has 146 valence electrons. The number of hydrogen-bond acceptors (Lipinski definition) is 5. The summed E-state index contributed by atoms with van der Waals surface area (Å²) in [7, 11) is -3.81. The second-order valence-corrected chi connectivity index (χ2v) is 8.24. The molecule has 1 aliphatic rings. The first-order chi connectivity index (χ1) is 13.5. The number of amides is 1. The zero-order chi connectivity index (χ0) is 20.0. The third kappa shape index (κ3) is 5.09. The maximum absolute atomic E-state index is 12.6. The van der Waals surface area contributed by atoms with Crippen LogP contribution < -0.4 is 10.0 Å². The molecule has 2 aromatic rings. The van der Waals surface area contributed by atoms with Gasteiger partial charge in [-0.2, -0.15) is 5.26 Å². The summed E-state index contributed by atoms with van der Waals surface area (Å²) in [5.41, 5.74) is 1.13. The Hall–Kier alpha value is -2.89. The SMILES string of the molecule is N#Cc1ccccc1CS(=O)(=O)Nc1ccccc1C(=O)NC[C@H]1CCCO1. The van der Waals surface area contributed by atoms with Crippen molar-refractivity contribution in [2.24, 2.45) is 0 Å². The highest BCUT2D eigenvalue weighted by molar-refractivity contribution is 7.91. The van der Waals surface area contributed by atoms with Gasteiger partial charge in [-0.15, -0.1) is 0 Å². The number of nitrogens with zero attached hydrogens (tertiary/aromatic N) is 1. The van der Waals surface area contributed by atoms with E-state index in [9.17, 15) is 13.2 Å². The molecular weight excluding hydrogens is 378 g/mol. The van der Waals surface area contributed by atoms with E-state index in [4.69, 9.17) is 10.00 Å². The van der Waals surface area contributed by atoms with Crippen LogP contribution in [0.5, 0.6) is 0 Å². The Balaban J connectivity index is 1.73. The van der Waals surface area contributed by atoms with Gasteiger partial charge in [0.25, 0.3) is 5.91 Å². The molecule has 1 aliphatic heterocycles. The minimum absolute atomic E-state index is 0.00436. The predicted octanol–water partition coefficient (Wildman–Crippen LogP) is 2.41. The topological polar surface area (TPSA) is 108 Å². The lowest BCUT2D eigenvalue weighted by atomic mass is 10.1. The molecule has 8 heteroatoms. The average molecular weight is 399 g/mol. The van der Waals surface area contributed by atoms with Gasteiger partial charge in [0, 0.05) is 13.2 Å². The van der Waals surface area contributed by atoms with Crippen LogP contribution in [0.2, 0.25) is 0 Å². The molecule has 2 N–H and O–H groups in total. The molecule has 0 unspecified atom stereocenters. The maximum atomic E-state index is 12.6. The van der Waals surface area contributed by atoms with Crippen LogP contribution in [0.4, 0.5) is 5.69 Å². The number of benzene rings is 2. The number of anilines is 1. The largest absolute Gasteiger partial charge is 0.376 e. The lowest BCUT2D eigenvalue weighted by molar-refractivity contribution is 0.0858. The van der Waals surface area contributed by atoms with Crippen molar-refractivity contribution in [2.75, 3.05) is 17.9 Å². The molecular formula is C20H21N3O4S. The molecule has 3 rings (SSSR count). The van der Waals surface area contributed by atoms with Crippen LogP contribution in [0, 0.1) is 11.3 Å². The summed E-state index contributed by atoms with van der Waals surface area (Å²) in [6.45, 7) is 1.08. The summed E-state index contributed by atoms with van der Waals surface area (Å²) in [4.78, 5) is 12.5. The smallest absolute Gasteiger partial charge is 0.253 e. The third-order valence-electron chi connectivity index (χ3n) is 4.43. The maximum Gasteiger partial charge on any atom is 0.253 e. The predicted molar refractivity (Wildman–Crippen MR) is 105 cm³/mol. The Kier molecular flexibility index (Phi) is 6.29. The third-order valence-corrected chi connectivity index (χ3v) is 5.66. The molecule has 0 aromatic heterocycles. The quantitative estimate of drug-likeness (QED) is 0.743. The monoisotopic (exact) mass is 399 g/mol. The average Bonchev–Trinajstić information content (AvgIpc) is 3.20. The zero-order valence-corrected chi connectivity index (χ0v) is 16.0. The van der Waals surface area contributed by atoms with Crippen LogP contribution in [0.1, 0.15) is 34.3 Å². The standard InChI is InChI=1S/C20H21N3O4S/c21-12-15-6-1-2-7-16(15)14-28(25,26)23-19-10-4-3-9-18(19)20(24)22-13-17-8-5-11-27-17/h1-4,6-7,9-10,17,23H,5,8,11,13-14H2,(H,22,24)/t17-/m1/s1. The van der Waals surface area contributed by atoms with Gasteiger partial charge in [0.1, 0.15) is 0 Å². The molecule has 0 aliphatic carbocycles. The van der Waals surface area contributed by atoms with Crippen LogP contribution in [0.3, 0.4) is 0 Å². The van der Waals surface area contributed by atoms with Crippen molar-refractivity contribution in [1.82, 2.24) is 5.32 Å². The van der Waals surface area contributed by atoms with Crippen molar-refractivity contribution < 1.29 is 17.9 Å². The molecule has 1 saturated heterocycles. The van der Waals surface area contributed by atoms with Gasteiger partial charge in [-0.3, -0.25) is 9.52 Å². The van der Waals surface area contributed by atoms with Crippen LogP contribution in [-0.2, 0) is 20.5 Å². The van der Waals surface area contributed by atoms with Crippen LogP contribution >= 0.6 is 0 Å². The molecule has 28 heavy (non-hydrogen) atoms. The van der Waals surface area contributed by atoms with Crippen molar-refractivity contribution in [2.45, 2.75) is 24.7 Å². The molecule has 7 nitrogen and oxygen atoms in total. The second kappa shape index (κ2) is 8.87. The Bertz CT molecular complexity index is 993. The lowest BCUT2D eigenvalue weighted by Gasteiger charge is -2.14. The number of para-hydroxylation sites is 1. The number of carbonyl (C=O) groups is 1. The molecule has 2 aromatic carbocycles. The molecule has 1 amide bonds. The number of hydrogen-bond donors (Lipinski definition) is 2. The van der Waals surface area contributed by atoms with E-state index < -0.39 is 10.0 Å². The van der Waals surface area contributed by atoms with Gasteiger partial charge in [0.05, 0.1) is 34.7 Å². The van der Waals surface area contributed by atoms with Crippen molar-refractivity contribution >= 4 is 21.6 Å². The van der Waals surface area contributed by atoms with Gasteiger partial charge < -0.3 is 10.1 Å². The van der Waals surface area contributed by atoms with Gasteiger partial charge in [0.15, 0.2) is 0 Å². The van der Waals surface area contributed by atoms with Crippen molar-refractivity contribution in [3.63, 3.8) is 0 Å². The summed E-state index contributed by atoms with van der Waals surface area (Å²) in [5, 5.41) is 11.9. The highest BCUT2D eigenvalue weighted by atomic mass is 32.2. The molecule has 0 bridgehead atoms. The minimum Gasteiger partial charge on any atom is -0.376 e. The van der Waals surface area contributed by atoms with Crippen molar-refractivity contribution in [1.29, 1.82) is 5.26 Å². The normalized spacial score (nSPS) is 16.3. The highest BCUT2D eigenvalue weighted by Crippen LogP contribution is 2.20. The van der Waals surface area contributed by atoms with Gasteiger partial charge in [0.2, 0.25) is 10.0 Å². The van der Waals surface area contributed by atoms with E-state index in [2.05, 4.69) is 10.0 Å². The minimum atomic E-state index is -3.81. The first-order valence-electron chi connectivity index (χ1n) is 8.96. The van der Waals surface area contributed by atoms with E-state index in [0.717, 1.165) is 12.8 Å². The highest BCUT2D eigenvalue weighted by Gasteiger charge is 2.20. The van der Waals surface area contributed by atoms with E-state index >= 15 is 0 Å². The fourth-order valence-electron chi connectivity index (χ4n) is 3.04. The number of nitriles is 1. The Labute approximate surface area is 164 Å². The summed E-state index contributed by atoms with van der Waals surface area (Å²) in [5.74, 6) is -0.728. The molecule has 0 spiro atoms. The molecule has 1 heterocycles. The molecule has 1 fully saturated rings. The second-order valence-electron chi connectivity index (χ2n) is 6.52. The van der Waals surface area contributed by atoms with Crippen LogP contribution in [-0.4, -0.2) is 33.6 Å². The molecule has 0 saturated carbocycles. The summed E-state index contributed by atoms with van der Waals surface area (Å²) < 4.78 is 33.2. The fraction of sp³-hybridized carbons (Fsp3) is 0.300. The number of rotatable bonds is 7. The van der Waals surface area contributed by atoms with E-state index in [1.165, 1.54) is 6.07 Å². The Morgan fingerprint density at radius 2 is 1.93 bits per heavy atom. The number of nitrogens with one attached hydrogen (secondary N) is 2. The number of ether oxygens (including phenoxy) is 1. The van der Waals surface area contributed by atoms with E-state index in [0.29, 0.717) is 24.3 Å². The molecule has 0 radical (unpaired) electrons. The van der Waals surface area contributed by atoms with E-state index in [1.54, 1.807) is 42.5 Å². The van der Waals surface area contributed by atoms with Crippen molar-refractivity contribution in [3.8, 4) is 6.07 Å². The van der Waals surface area contributed by atoms with Crippen LogP contribution in [0.15, 0.2) is 48.5 Å². The Morgan fingerprint density at radius 1 is 1.18 bits per heavy atom. The number of carbonyl (C=O) groups excluding carboxylic acids is 1. The van der Waals surface area contributed by atoms with Gasteiger partial charge in [-0.05, 0) is 36.6 Å².